The molecule has 2 fully saturated rings. The number of fused-ring (bicyclic) bond motifs is 3. The quantitative estimate of drug-likeness (QED) is 0.393. The first-order valence-corrected chi connectivity index (χ1v) is 14.3. The van der Waals surface area contributed by atoms with Crippen molar-refractivity contribution in [1.29, 1.82) is 0 Å². The number of nitrogens with two attached hydrogens (primary N) is 1. The fourth-order valence-electron chi connectivity index (χ4n) is 7.41. The summed E-state index contributed by atoms with van der Waals surface area (Å²) in [7, 11) is 2.86. The number of rotatable bonds is 7. The number of amides is 1. The minimum Gasteiger partial charge on any atom is -0.507 e. The summed E-state index contributed by atoms with van der Waals surface area (Å²) in [5.41, 5.74) is -0.563. The summed E-state index contributed by atoms with van der Waals surface area (Å²) in [6.07, 6.45) is -5.09. The molecule has 1 amide bonds. The van der Waals surface area contributed by atoms with E-state index in [-0.39, 0.29) is 18.5 Å². The molecule has 2 unspecified atom stereocenters. The van der Waals surface area contributed by atoms with Gasteiger partial charge in [0, 0.05) is 18.0 Å². The van der Waals surface area contributed by atoms with Crippen molar-refractivity contribution in [2.75, 3.05) is 20.6 Å². The van der Waals surface area contributed by atoms with Crippen LogP contribution < -0.4 is 5.73 Å². The molecule has 13 heteroatoms. The summed E-state index contributed by atoms with van der Waals surface area (Å²) in [6.45, 7) is 7.74. The lowest BCUT2D eigenvalue weighted by Gasteiger charge is -2.52. The highest BCUT2D eigenvalue weighted by Gasteiger charge is 2.69. The zero-order valence-electron chi connectivity index (χ0n) is 25.0. The summed E-state index contributed by atoms with van der Waals surface area (Å²) < 4.78 is 44.4. The van der Waals surface area contributed by atoms with Gasteiger partial charge in [0.1, 0.15) is 5.75 Å². The molecule has 3 aliphatic rings. The van der Waals surface area contributed by atoms with E-state index >= 15 is 0 Å². The predicted molar refractivity (Wildman–Crippen MR) is 147 cm³/mol. The lowest BCUT2D eigenvalue weighted by atomic mass is 9.52. The molecule has 0 saturated heterocycles. The van der Waals surface area contributed by atoms with Crippen LogP contribution in [0, 0.1) is 23.7 Å². The number of ketones is 4. The molecule has 2 saturated carbocycles. The van der Waals surface area contributed by atoms with E-state index in [1.165, 1.54) is 19.0 Å². The molecule has 4 N–H and O–H groups in total. The highest BCUT2D eigenvalue weighted by atomic mass is 19.4. The van der Waals surface area contributed by atoms with Crippen LogP contribution in [0.1, 0.15) is 67.6 Å². The lowest BCUT2D eigenvalue weighted by Crippen LogP contribution is -2.74. The van der Waals surface area contributed by atoms with Crippen LogP contribution in [0.5, 0.6) is 5.75 Å². The highest BCUT2D eigenvalue weighted by molar-refractivity contribution is 6.32. The number of halogens is 3. The van der Waals surface area contributed by atoms with Crippen molar-refractivity contribution in [2.24, 2.45) is 29.4 Å². The van der Waals surface area contributed by atoms with Crippen LogP contribution >= 0.6 is 0 Å². The van der Waals surface area contributed by atoms with E-state index in [4.69, 9.17) is 5.73 Å². The third-order valence-electron chi connectivity index (χ3n) is 9.89. The number of nitrogens with zero attached hydrogens (tertiary/aromatic N) is 2. The molecule has 6 atom stereocenters. The van der Waals surface area contributed by atoms with Crippen LogP contribution in [0.3, 0.4) is 0 Å². The molecular formula is C30H38F3N3O7. The highest BCUT2D eigenvalue weighted by Crippen LogP contribution is 2.53. The molecule has 0 heterocycles. The minimum atomic E-state index is -4.92. The van der Waals surface area contributed by atoms with Crippen molar-refractivity contribution in [3.05, 3.63) is 28.3 Å². The van der Waals surface area contributed by atoms with Crippen LogP contribution in [0.4, 0.5) is 13.2 Å². The Balaban J connectivity index is 1.90. The van der Waals surface area contributed by atoms with Crippen LogP contribution in [0.15, 0.2) is 6.07 Å². The fourth-order valence-corrected chi connectivity index (χ4v) is 7.41. The molecule has 0 bridgehead atoms. The molecule has 4 rings (SSSR count). The molecule has 0 spiro atoms. The van der Waals surface area contributed by atoms with Gasteiger partial charge in [0.15, 0.2) is 34.7 Å². The van der Waals surface area contributed by atoms with E-state index in [0.29, 0.717) is 13.0 Å². The minimum absolute atomic E-state index is 0.170. The predicted octanol–water partition coefficient (Wildman–Crippen LogP) is 1.90. The second kappa shape index (κ2) is 10.8. The number of carbonyl (C=O) groups excluding carboxylic acids is 5. The molecule has 0 radical (unpaired) electrons. The van der Waals surface area contributed by atoms with Gasteiger partial charge in [-0.1, -0.05) is 13.8 Å². The Bertz CT molecular complexity index is 1410. The Morgan fingerprint density at radius 3 is 2.21 bits per heavy atom. The Labute approximate surface area is 247 Å². The Morgan fingerprint density at radius 2 is 1.72 bits per heavy atom. The standard InChI is InChI=1S/C30H38F3N3O7/c1-7-28(3,4)36(8-2)12-14-11-17(37)19-15(21(14)30(31,32)33)9-13-10-16-22(35(5)6)24(39)20(27(34)42)26(41)29(16,43)25(40)18(13)23(19)38/h11,13,16,18,20,22,37,43H,7-10,12H2,1-6H3,(H2,34,42)/t13-,16-,18?,20?,22-,29-/m0/s1. The largest absolute Gasteiger partial charge is 0.507 e. The van der Waals surface area contributed by atoms with Gasteiger partial charge >= 0.3 is 6.18 Å². The number of phenolic OH excluding ortho intramolecular Hbond substituents is 1. The summed E-state index contributed by atoms with van der Waals surface area (Å²) in [5, 5.41) is 22.6. The number of likely N-dealkylation sites (N-methyl/N-ethyl adjacent to an activating group) is 1. The van der Waals surface area contributed by atoms with Gasteiger partial charge in [-0.15, -0.1) is 0 Å². The second-order valence-corrected chi connectivity index (χ2v) is 12.8. The molecule has 0 aromatic heterocycles. The van der Waals surface area contributed by atoms with Crippen molar-refractivity contribution in [2.45, 2.75) is 76.9 Å². The molecule has 3 aliphatic carbocycles. The monoisotopic (exact) mass is 609 g/mol. The molecule has 236 valence electrons. The van der Waals surface area contributed by atoms with Crippen molar-refractivity contribution in [1.82, 2.24) is 9.80 Å². The van der Waals surface area contributed by atoms with Gasteiger partial charge in [-0.05, 0) is 76.9 Å². The first-order chi connectivity index (χ1) is 19.7. The number of hydrogen-bond acceptors (Lipinski definition) is 9. The molecule has 10 nitrogen and oxygen atoms in total. The fraction of sp³-hybridized carbons (Fsp3) is 0.633. The number of primary amides is 1. The number of alkyl halides is 3. The number of Topliss-reactive ketones (excluding diaryl/α,β-unsaturated/α-hetero) is 4. The van der Waals surface area contributed by atoms with E-state index < -0.39 is 105 Å². The summed E-state index contributed by atoms with van der Waals surface area (Å²) >= 11 is 0. The van der Waals surface area contributed by atoms with Gasteiger partial charge in [0.25, 0.3) is 0 Å². The zero-order chi connectivity index (χ0) is 32.6. The van der Waals surface area contributed by atoms with Gasteiger partial charge in [-0.25, -0.2) is 0 Å². The normalized spacial score (nSPS) is 29.5. The van der Waals surface area contributed by atoms with E-state index in [9.17, 15) is 47.4 Å². The lowest BCUT2D eigenvalue weighted by molar-refractivity contribution is -0.181. The SMILES string of the molecule is CCN(Cc1cc(O)c2c(c1C(F)(F)F)C[C@H]1C[C@H]3[C@H](N(C)C)C(=O)C(C(N)=O)C(=O)[C@@]3(O)C(=O)C1C2=O)C(C)(C)CC. The van der Waals surface area contributed by atoms with E-state index in [1.54, 1.807) is 0 Å². The maximum Gasteiger partial charge on any atom is 0.417 e. The number of phenols is 1. The van der Waals surface area contributed by atoms with Crippen LogP contribution in [-0.2, 0) is 38.3 Å². The number of carbonyl (C=O) groups is 5. The van der Waals surface area contributed by atoms with E-state index in [0.717, 1.165) is 6.07 Å². The van der Waals surface area contributed by atoms with Crippen molar-refractivity contribution in [3.63, 3.8) is 0 Å². The summed E-state index contributed by atoms with van der Waals surface area (Å²) in [4.78, 5) is 69.5. The van der Waals surface area contributed by atoms with Crippen molar-refractivity contribution >= 4 is 29.0 Å². The third-order valence-corrected chi connectivity index (χ3v) is 9.89. The maximum atomic E-state index is 14.8. The van der Waals surface area contributed by atoms with Gasteiger partial charge in [0.05, 0.1) is 23.1 Å². The smallest absolute Gasteiger partial charge is 0.417 e. The Kier molecular flexibility index (Phi) is 8.21. The zero-order valence-corrected chi connectivity index (χ0v) is 25.0. The first kappa shape index (κ1) is 32.7. The van der Waals surface area contributed by atoms with Gasteiger partial charge in [-0.3, -0.25) is 33.8 Å². The average Bonchev–Trinajstić information content (AvgIpc) is 2.87. The molecule has 0 aliphatic heterocycles. The Morgan fingerprint density at radius 1 is 1.12 bits per heavy atom. The molecule has 1 aromatic carbocycles. The summed E-state index contributed by atoms with van der Waals surface area (Å²) in [6, 6.07) is -0.452. The topological polar surface area (TPSA) is 158 Å². The van der Waals surface area contributed by atoms with Gasteiger partial charge in [0.2, 0.25) is 5.91 Å². The average molecular weight is 610 g/mol. The van der Waals surface area contributed by atoms with Crippen molar-refractivity contribution < 1.29 is 47.4 Å². The molecule has 43 heavy (non-hydrogen) atoms. The van der Waals surface area contributed by atoms with Crippen LogP contribution in [-0.4, -0.2) is 86.9 Å². The number of benzene rings is 1. The summed E-state index contributed by atoms with van der Waals surface area (Å²) in [5.74, 6) is -13.4. The van der Waals surface area contributed by atoms with Gasteiger partial charge < -0.3 is 15.9 Å². The van der Waals surface area contributed by atoms with Crippen LogP contribution in [0.2, 0.25) is 0 Å². The third kappa shape index (κ3) is 4.89. The van der Waals surface area contributed by atoms with Gasteiger partial charge in [-0.2, -0.15) is 13.2 Å². The maximum absolute atomic E-state index is 14.8. The molecule has 1 aromatic rings. The molecular weight excluding hydrogens is 571 g/mol. The Hall–Kier alpha value is -3.16. The first-order valence-electron chi connectivity index (χ1n) is 14.3. The van der Waals surface area contributed by atoms with Crippen molar-refractivity contribution in [3.8, 4) is 5.75 Å². The van der Waals surface area contributed by atoms with E-state index in [2.05, 4.69) is 0 Å². The number of aromatic hydroxyl groups is 1. The second-order valence-electron chi connectivity index (χ2n) is 12.8. The van der Waals surface area contributed by atoms with E-state index in [1.807, 2.05) is 32.6 Å². The van der Waals surface area contributed by atoms with Crippen LogP contribution in [0.25, 0.3) is 0 Å². The number of aliphatic hydroxyl groups is 1. The number of hydrogen-bond donors (Lipinski definition) is 3.